The second kappa shape index (κ2) is 8.86. The van der Waals surface area contributed by atoms with Crippen molar-refractivity contribution in [3.8, 4) is 11.5 Å². The zero-order chi connectivity index (χ0) is 18.2. The normalized spacial score (nSPS) is 11.5. The van der Waals surface area contributed by atoms with E-state index < -0.39 is 0 Å². The molecule has 2 rings (SSSR count). The number of anilines is 1. The van der Waals surface area contributed by atoms with E-state index in [2.05, 4.69) is 20.6 Å². The van der Waals surface area contributed by atoms with Crippen LogP contribution in [-0.4, -0.2) is 36.1 Å². The summed E-state index contributed by atoms with van der Waals surface area (Å²) in [6.07, 6.45) is 2.24. The van der Waals surface area contributed by atoms with Crippen molar-refractivity contribution in [2.24, 2.45) is 0 Å². The first-order chi connectivity index (χ1) is 12.1. The Labute approximate surface area is 147 Å². The summed E-state index contributed by atoms with van der Waals surface area (Å²) in [4.78, 5) is 20.3. The van der Waals surface area contributed by atoms with Crippen LogP contribution in [0.4, 0.5) is 5.82 Å². The van der Waals surface area contributed by atoms with E-state index in [1.807, 2.05) is 32.0 Å². The smallest absolute Gasteiger partial charge is 0.270 e. The van der Waals surface area contributed by atoms with Crippen molar-refractivity contribution >= 4 is 11.7 Å². The third-order valence-electron chi connectivity index (χ3n) is 3.81. The summed E-state index contributed by atoms with van der Waals surface area (Å²) < 4.78 is 10.5. The van der Waals surface area contributed by atoms with Crippen LogP contribution in [0.15, 0.2) is 30.6 Å². The number of methoxy groups -OCH3 is 2. The van der Waals surface area contributed by atoms with Gasteiger partial charge in [0.05, 0.1) is 14.2 Å². The van der Waals surface area contributed by atoms with Crippen LogP contribution in [0.3, 0.4) is 0 Å². The van der Waals surface area contributed by atoms with E-state index in [4.69, 9.17) is 9.47 Å². The number of nitrogens with one attached hydrogen (secondary N) is 2. The molecule has 0 spiro atoms. The predicted molar refractivity (Wildman–Crippen MR) is 96.1 cm³/mol. The van der Waals surface area contributed by atoms with Gasteiger partial charge in [-0.05, 0) is 31.0 Å². The molecule has 7 nitrogen and oxygen atoms in total. The van der Waals surface area contributed by atoms with Gasteiger partial charge in [0.2, 0.25) is 0 Å². The number of aromatic nitrogens is 2. The maximum absolute atomic E-state index is 12.1. The maximum Gasteiger partial charge on any atom is 0.270 e. The molecule has 1 heterocycles. The lowest BCUT2D eigenvalue weighted by molar-refractivity contribution is 0.0934. The van der Waals surface area contributed by atoms with Crippen molar-refractivity contribution in [3.63, 3.8) is 0 Å². The lowest BCUT2D eigenvalue weighted by Crippen LogP contribution is -2.32. The quantitative estimate of drug-likeness (QED) is 0.766. The Morgan fingerprint density at radius 3 is 2.60 bits per heavy atom. The topological polar surface area (TPSA) is 85.4 Å². The monoisotopic (exact) mass is 344 g/mol. The van der Waals surface area contributed by atoms with Gasteiger partial charge in [-0.15, -0.1) is 0 Å². The van der Waals surface area contributed by atoms with Gasteiger partial charge in [0.15, 0.2) is 11.5 Å². The minimum absolute atomic E-state index is 0.102. The largest absolute Gasteiger partial charge is 0.493 e. The van der Waals surface area contributed by atoms with Crippen molar-refractivity contribution in [1.29, 1.82) is 0 Å². The molecular weight excluding hydrogens is 320 g/mol. The fourth-order valence-corrected chi connectivity index (χ4v) is 2.16. The van der Waals surface area contributed by atoms with E-state index in [1.54, 1.807) is 20.3 Å². The van der Waals surface area contributed by atoms with Gasteiger partial charge in [0.25, 0.3) is 5.91 Å². The van der Waals surface area contributed by atoms with Crippen LogP contribution in [0.5, 0.6) is 11.5 Å². The highest BCUT2D eigenvalue weighted by molar-refractivity contribution is 5.93. The first-order valence-corrected chi connectivity index (χ1v) is 8.15. The number of hydrogen-bond acceptors (Lipinski definition) is 6. The van der Waals surface area contributed by atoms with Crippen molar-refractivity contribution in [2.75, 3.05) is 19.5 Å². The zero-order valence-electron chi connectivity index (χ0n) is 15.0. The summed E-state index contributed by atoms with van der Waals surface area (Å²) in [6.45, 7) is 4.50. The molecule has 1 unspecified atom stereocenters. The fourth-order valence-electron chi connectivity index (χ4n) is 2.16. The summed E-state index contributed by atoms with van der Waals surface area (Å²) in [5, 5.41) is 6.07. The highest BCUT2D eigenvalue weighted by Crippen LogP contribution is 2.27. The Morgan fingerprint density at radius 2 is 1.92 bits per heavy atom. The average Bonchev–Trinajstić information content (AvgIpc) is 2.66. The average molecular weight is 344 g/mol. The lowest BCUT2D eigenvalue weighted by atomic mass is 10.2. The van der Waals surface area contributed by atoms with Gasteiger partial charge in [0, 0.05) is 18.7 Å². The SMILES string of the molecule is CCC(C)NC(=O)c1cc(NCc2ccc(OC)c(OC)c2)ncn1. The van der Waals surface area contributed by atoms with Gasteiger partial charge in [-0.3, -0.25) is 4.79 Å². The molecule has 0 aliphatic heterocycles. The number of carbonyl (C=O) groups excluding carboxylic acids is 1. The Hall–Kier alpha value is -2.83. The minimum atomic E-state index is -0.203. The van der Waals surface area contributed by atoms with Gasteiger partial charge in [-0.1, -0.05) is 13.0 Å². The molecule has 1 aromatic carbocycles. The van der Waals surface area contributed by atoms with Gasteiger partial charge in [-0.25, -0.2) is 9.97 Å². The first kappa shape index (κ1) is 18.5. The summed E-state index contributed by atoms with van der Waals surface area (Å²) in [6, 6.07) is 7.42. The first-order valence-electron chi connectivity index (χ1n) is 8.15. The van der Waals surface area contributed by atoms with Crippen molar-refractivity contribution in [3.05, 3.63) is 41.9 Å². The highest BCUT2D eigenvalue weighted by Gasteiger charge is 2.11. The number of carbonyl (C=O) groups is 1. The fraction of sp³-hybridized carbons (Fsp3) is 0.389. The van der Waals surface area contributed by atoms with Crippen LogP contribution < -0.4 is 20.1 Å². The van der Waals surface area contributed by atoms with Crippen LogP contribution >= 0.6 is 0 Å². The Morgan fingerprint density at radius 1 is 1.16 bits per heavy atom. The molecule has 1 amide bonds. The van der Waals surface area contributed by atoms with Crippen molar-refractivity contribution < 1.29 is 14.3 Å². The molecule has 0 saturated carbocycles. The predicted octanol–water partition coefficient (Wildman–Crippen LogP) is 2.63. The highest BCUT2D eigenvalue weighted by atomic mass is 16.5. The van der Waals surface area contributed by atoms with E-state index in [9.17, 15) is 4.79 Å². The van der Waals surface area contributed by atoms with Crippen molar-refractivity contribution in [1.82, 2.24) is 15.3 Å². The van der Waals surface area contributed by atoms with Crippen LogP contribution in [0.2, 0.25) is 0 Å². The molecule has 0 fully saturated rings. The Balaban J connectivity index is 2.04. The number of nitrogens with zero attached hydrogens (tertiary/aromatic N) is 2. The molecule has 134 valence electrons. The van der Waals surface area contributed by atoms with Gasteiger partial charge < -0.3 is 20.1 Å². The molecular formula is C18H24N4O3. The molecule has 2 N–H and O–H groups in total. The molecule has 0 aliphatic rings. The van der Waals surface area contributed by atoms with Crippen LogP contribution in [0.1, 0.15) is 36.3 Å². The Kier molecular flexibility index (Phi) is 6.56. The minimum Gasteiger partial charge on any atom is -0.493 e. The summed E-state index contributed by atoms with van der Waals surface area (Å²) in [5.41, 5.74) is 1.34. The summed E-state index contributed by atoms with van der Waals surface area (Å²) in [5.74, 6) is 1.72. The van der Waals surface area contributed by atoms with E-state index in [0.717, 1.165) is 12.0 Å². The van der Waals surface area contributed by atoms with Gasteiger partial charge in [-0.2, -0.15) is 0 Å². The molecule has 0 radical (unpaired) electrons. The zero-order valence-corrected chi connectivity index (χ0v) is 15.0. The second-order valence-electron chi connectivity index (χ2n) is 5.61. The van der Waals surface area contributed by atoms with E-state index in [-0.39, 0.29) is 11.9 Å². The lowest BCUT2D eigenvalue weighted by Gasteiger charge is -2.12. The number of rotatable bonds is 8. The molecule has 0 saturated heterocycles. The number of benzene rings is 1. The number of amides is 1. The van der Waals surface area contributed by atoms with Crippen LogP contribution in [-0.2, 0) is 6.54 Å². The molecule has 0 bridgehead atoms. The van der Waals surface area contributed by atoms with E-state index >= 15 is 0 Å². The van der Waals surface area contributed by atoms with E-state index in [0.29, 0.717) is 29.6 Å². The molecule has 7 heteroatoms. The number of ether oxygens (including phenoxy) is 2. The summed E-state index contributed by atoms with van der Waals surface area (Å²) >= 11 is 0. The van der Waals surface area contributed by atoms with Gasteiger partial charge in [0.1, 0.15) is 17.8 Å². The molecule has 0 aliphatic carbocycles. The third-order valence-corrected chi connectivity index (χ3v) is 3.81. The maximum atomic E-state index is 12.1. The van der Waals surface area contributed by atoms with Gasteiger partial charge >= 0.3 is 0 Å². The molecule has 1 aromatic heterocycles. The Bertz CT molecular complexity index is 721. The molecule has 25 heavy (non-hydrogen) atoms. The van der Waals surface area contributed by atoms with Crippen LogP contribution in [0.25, 0.3) is 0 Å². The van der Waals surface area contributed by atoms with E-state index in [1.165, 1.54) is 6.33 Å². The third kappa shape index (κ3) is 5.07. The number of hydrogen-bond donors (Lipinski definition) is 2. The standard InChI is InChI=1S/C18H24N4O3/c1-5-12(2)22-18(23)14-9-17(21-11-20-14)19-10-13-6-7-15(24-3)16(8-13)25-4/h6-9,11-12H,5,10H2,1-4H3,(H,22,23)(H,19,20,21). The molecule has 1 atom stereocenters. The molecule has 2 aromatic rings. The second-order valence-corrected chi connectivity index (χ2v) is 5.61. The van der Waals surface area contributed by atoms with Crippen LogP contribution in [0, 0.1) is 0 Å². The van der Waals surface area contributed by atoms with Crippen molar-refractivity contribution in [2.45, 2.75) is 32.9 Å². The summed E-state index contributed by atoms with van der Waals surface area (Å²) in [7, 11) is 3.20.